The topological polar surface area (TPSA) is 75.3 Å². The largest absolute Gasteiger partial charge is 0.352 e. The van der Waals surface area contributed by atoms with E-state index in [1.807, 2.05) is 30.3 Å². The van der Waals surface area contributed by atoms with Crippen molar-refractivity contribution < 1.29 is 13.2 Å². The van der Waals surface area contributed by atoms with Crippen molar-refractivity contribution in [1.82, 2.24) is 10.0 Å². The van der Waals surface area contributed by atoms with E-state index in [4.69, 9.17) is 0 Å². The van der Waals surface area contributed by atoms with Crippen LogP contribution >= 0.6 is 0 Å². The lowest BCUT2D eigenvalue weighted by atomic mass is 9.66. The molecule has 1 amide bonds. The van der Waals surface area contributed by atoms with Gasteiger partial charge in [0.1, 0.15) is 6.04 Å². The quantitative estimate of drug-likeness (QED) is 0.831. The van der Waals surface area contributed by atoms with E-state index < -0.39 is 16.1 Å². The van der Waals surface area contributed by atoms with Gasteiger partial charge in [0.25, 0.3) is 0 Å². The number of sulfonamides is 1. The summed E-state index contributed by atoms with van der Waals surface area (Å²) < 4.78 is 28.6. The minimum atomic E-state index is -3.79. The van der Waals surface area contributed by atoms with E-state index in [0.29, 0.717) is 5.92 Å². The Morgan fingerprint density at radius 3 is 2.29 bits per heavy atom. The first-order valence-electron chi connectivity index (χ1n) is 9.88. The molecule has 28 heavy (non-hydrogen) atoms. The molecule has 1 heterocycles. The molecular weight excluding hydrogens is 372 g/mol. The Bertz CT molecular complexity index is 931. The Labute approximate surface area is 166 Å². The lowest BCUT2D eigenvalue weighted by molar-refractivity contribution is -0.128. The minimum absolute atomic E-state index is 0.0962. The zero-order valence-electron chi connectivity index (χ0n) is 15.9. The lowest BCUT2D eigenvalue weighted by Gasteiger charge is -2.47. The molecule has 2 aromatic carbocycles. The van der Waals surface area contributed by atoms with Gasteiger partial charge in [0, 0.05) is 12.0 Å². The molecule has 5 atom stereocenters. The standard InChI is InChI=1S/C22H26N2O3S/c1-15-12-13-18-19(14-15)23-22(25)21(20(18)16-8-4-2-5-9-16)24-28(26,27)17-10-6-3-7-11-17/h2-11,15,18-21,24H,12-14H2,1H3,(H,23,25). The van der Waals surface area contributed by atoms with Gasteiger partial charge < -0.3 is 5.32 Å². The summed E-state index contributed by atoms with van der Waals surface area (Å²) in [6.45, 7) is 2.21. The fraction of sp³-hybridized carbons (Fsp3) is 0.409. The zero-order valence-corrected chi connectivity index (χ0v) is 16.7. The number of amides is 1. The van der Waals surface area contributed by atoms with E-state index in [9.17, 15) is 13.2 Å². The Kier molecular flexibility index (Phi) is 5.25. The summed E-state index contributed by atoms with van der Waals surface area (Å²) in [5, 5.41) is 3.11. The Morgan fingerprint density at radius 2 is 1.61 bits per heavy atom. The fourth-order valence-electron chi connectivity index (χ4n) is 4.76. The predicted octanol–water partition coefficient (Wildman–Crippen LogP) is 3.05. The van der Waals surface area contributed by atoms with Gasteiger partial charge in [-0.1, -0.05) is 61.9 Å². The van der Waals surface area contributed by atoms with E-state index in [1.165, 1.54) is 0 Å². The summed E-state index contributed by atoms with van der Waals surface area (Å²) >= 11 is 0. The van der Waals surface area contributed by atoms with Crippen molar-refractivity contribution in [3.63, 3.8) is 0 Å². The van der Waals surface area contributed by atoms with E-state index in [-0.39, 0.29) is 28.7 Å². The van der Waals surface area contributed by atoms with E-state index in [2.05, 4.69) is 17.0 Å². The number of hydrogen-bond acceptors (Lipinski definition) is 3. The van der Waals surface area contributed by atoms with Crippen LogP contribution < -0.4 is 10.0 Å². The van der Waals surface area contributed by atoms with Crippen molar-refractivity contribution in [2.75, 3.05) is 0 Å². The molecule has 0 radical (unpaired) electrons. The molecule has 5 unspecified atom stereocenters. The summed E-state index contributed by atoms with van der Waals surface area (Å²) in [5.74, 6) is 0.380. The normalized spacial score (nSPS) is 30.3. The lowest BCUT2D eigenvalue weighted by Crippen LogP contribution is -2.62. The molecule has 0 aromatic heterocycles. The highest BCUT2D eigenvalue weighted by Gasteiger charge is 2.47. The molecule has 2 aromatic rings. The summed E-state index contributed by atoms with van der Waals surface area (Å²) in [5.41, 5.74) is 1.02. The van der Waals surface area contributed by atoms with Crippen LogP contribution in [0.5, 0.6) is 0 Å². The van der Waals surface area contributed by atoms with E-state index >= 15 is 0 Å². The molecule has 1 aliphatic carbocycles. The van der Waals surface area contributed by atoms with Gasteiger partial charge in [-0.25, -0.2) is 8.42 Å². The van der Waals surface area contributed by atoms with E-state index in [0.717, 1.165) is 24.8 Å². The van der Waals surface area contributed by atoms with Crippen molar-refractivity contribution in [3.05, 3.63) is 66.2 Å². The number of carbonyl (C=O) groups excluding carboxylic acids is 1. The van der Waals surface area contributed by atoms with Crippen molar-refractivity contribution in [1.29, 1.82) is 0 Å². The number of benzene rings is 2. The van der Waals surface area contributed by atoms with Crippen LogP contribution in [0.3, 0.4) is 0 Å². The number of nitrogens with one attached hydrogen (secondary N) is 2. The molecule has 1 saturated carbocycles. The van der Waals surface area contributed by atoms with Gasteiger partial charge in [0.05, 0.1) is 4.90 Å². The zero-order chi connectivity index (χ0) is 19.7. The van der Waals surface area contributed by atoms with Gasteiger partial charge in [-0.05, 0) is 42.4 Å². The van der Waals surface area contributed by atoms with Gasteiger partial charge in [-0.15, -0.1) is 0 Å². The number of rotatable bonds is 4. The summed E-state index contributed by atoms with van der Waals surface area (Å²) in [4.78, 5) is 13.2. The second-order valence-electron chi connectivity index (χ2n) is 8.05. The molecule has 2 aliphatic rings. The van der Waals surface area contributed by atoms with Crippen molar-refractivity contribution in [3.8, 4) is 0 Å². The fourth-order valence-corrected chi connectivity index (χ4v) is 6.00. The first-order valence-corrected chi connectivity index (χ1v) is 11.4. The van der Waals surface area contributed by atoms with Gasteiger partial charge in [0.15, 0.2) is 0 Å². The third-order valence-electron chi connectivity index (χ3n) is 6.12. The van der Waals surface area contributed by atoms with Crippen LogP contribution in [0.15, 0.2) is 65.6 Å². The minimum Gasteiger partial charge on any atom is -0.352 e. The van der Waals surface area contributed by atoms with Crippen LogP contribution in [-0.2, 0) is 14.8 Å². The maximum Gasteiger partial charge on any atom is 0.241 e. The van der Waals surface area contributed by atoms with Crippen LogP contribution in [0.1, 0.15) is 37.7 Å². The van der Waals surface area contributed by atoms with Gasteiger partial charge in [-0.3, -0.25) is 4.79 Å². The maximum absolute atomic E-state index is 13.0. The highest BCUT2D eigenvalue weighted by atomic mass is 32.2. The number of hydrogen-bond donors (Lipinski definition) is 2. The molecular formula is C22H26N2O3S. The highest BCUT2D eigenvalue weighted by molar-refractivity contribution is 7.89. The van der Waals surface area contributed by atoms with Crippen LogP contribution in [-0.4, -0.2) is 26.4 Å². The predicted molar refractivity (Wildman–Crippen MR) is 108 cm³/mol. The molecule has 0 bridgehead atoms. The van der Waals surface area contributed by atoms with Gasteiger partial charge in [0.2, 0.25) is 15.9 Å². The summed E-state index contributed by atoms with van der Waals surface area (Å²) in [6, 6.07) is 17.4. The molecule has 6 heteroatoms. The summed E-state index contributed by atoms with van der Waals surface area (Å²) in [6.07, 6.45) is 3.02. The van der Waals surface area contributed by atoms with Crippen molar-refractivity contribution >= 4 is 15.9 Å². The second kappa shape index (κ2) is 7.68. The maximum atomic E-state index is 13.0. The number of carbonyl (C=O) groups is 1. The summed E-state index contributed by atoms with van der Waals surface area (Å²) in [7, 11) is -3.79. The molecule has 1 saturated heterocycles. The monoisotopic (exact) mass is 398 g/mol. The second-order valence-corrected chi connectivity index (χ2v) is 9.76. The third kappa shape index (κ3) is 3.71. The smallest absolute Gasteiger partial charge is 0.241 e. The molecule has 2 fully saturated rings. The Morgan fingerprint density at radius 1 is 0.964 bits per heavy atom. The molecule has 2 N–H and O–H groups in total. The Hall–Kier alpha value is -2.18. The molecule has 148 valence electrons. The van der Waals surface area contributed by atoms with E-state index in [1.54, 1.807) is 30.3 Å². The molecule has 0 spiro atoms. The number of fused-ring (bicyclic) bond motifs is 1. The SMILES string of the molecule is CC1CCC2C(C1)NC(=O)C(NS(=O)(=O)c1ccccc1)C2c1ccccc1. The van der Waals surface area contributed by atoms with Gasteiger partial charge in [-0.2, -0.15) is 4.72 Å². The first-order chi connectivity index (χ1) is 13.5. The average Bonchev–Trinajstić information content (AvgIpc) is 2.70. The Balaban J connectivity index is 1.71. The first kappa shape index (κ1) is 19.2. The van der Waals surface area contributed by atoms with Crippen LogP contribution in [0.25, 0.3) is 0 Å². The molecule has 1 aliphatic heterocycles. The molecule has 4 rings (SSSR count). The molecule has 5 nitrogen and oxygen atoms in total. The highest BCUT2D eigenvalue weighted by Crippen LogP contribution is 2.43. The van der Waals surface area contributed by atoms with Crippen molar-refractivity contribution in [2.45, 2.75) is 49.1 Å². The third-order valence-corrected chi connectivity index (χ3v) is 7.57. The number of piperidine rings is 1. The van der Waals surface area contributed by atoms with Crippen LogP contribution in [0, 0.1) is 11.8 Å². The van der Waals surface area contributed by atoms with Gasteiger partial charge >= 0.3 is 0 Å². The van der Waals surface area contributed by atoms with Crippen molar-refractivity contribution in [2.24, 2.45) is 11.8 Å². The average molecular weight is 399 g/mol. The van der Waals surface area contributed by atoms with Crippen LogP contribution in [0.4, 0.5) is 0 Å². The van der Waals surface area contributed by atoms with Crippen LogP contribution in [0.2, 0.25) is 0 Å².